The number of Topliss-reactive ketones (excluding diaryl/α,β-unsaturated/α-hetero) is 1. The van der Waals surface area contributed by atoms with Crippen LogP contribution >= 0.6 is 0 Å². The largest absolute Gasteiger partial charge is 0.369 e. The fourth-order valence-corrected chi connectivity index (χ4v) is 6.32. The van der Waals surface area contributed by atoms with Gasteiger partial charge in [-0.15, -0.1) is 0 Å². The number of amides is 2. The molecule has 37 heavy (non-hydrogen) atoms. The molecule has 5 atom stereocenters. The number of hydrogen-bond donors (Lipinski definition) is 1. The number of fused-ring (bicyclic) bond motifs is 1. The van der Waals surface area contributed by atoms with E-state index in [0.29, 0.717) is 18.0 Å². The molecule has 0 spiro atoms. The number of rotatable bonds is 9. The molecule has 0 unspecified atom stereocenters. The first-order chi connectivity index (χ1) is 17.9. The number of piperazine rings is 1. The number of nitrogens with one attached hydrogen (secondary N) is 1. The minimum atomic E-state index is -0.671. The topological polar surface area (TPSA) is 82.2 Å². The van der Waals surface area contributed by atoms with Crippen molar-refractivity contribution in [3.63, 3.8) is 0 Å². The van der Waals surface area contributed by atoms with E-state index in [-0.39, 0.29) is 42.1 Å². The Morgan fingerprint density at radius 1 is 1.08 bits per heavy atom. The number of anilines is 1. The highest BCUT2D eigenvalue weighted by Crippen LogP contribution is 2.46. The predicted molar refractivity (Wildman–Crippen MR) is 143 cm³/mol. The average molecular weight is 511 g/mol. The van der Waals surface area contributed by atoms with Crippen molar-refractivity contribution in [3.05, 3.63) is 29.8 Å². The van der Waals surface area contributed by atoms with Gasteiger partial charge in [0.05, 0.1) is 6.10 Å². The first-order valence-electron chi connectivity index (χ1n) is 14.2. The molecule has 3 aliphatic heterocycles. The van der Waals surface area contributed by atoms with E-state index in [1.165, 1.54) is 6.42 Å². The third-order valence-corrected chi connectivity index (χ3v) is 8.91. The lowest BCUT2D eigenvalue weighted by Gasteiger charge is -2.36. The second kappa shape index (κ2) is 11.1. The Balaban J connectivity index is 1.25. The summed E-state index contributed by atoms with van der Waals surface area (Å²) >= 11 is 0. The first kappa shape index (κ1) is 26.2. The van der Waals surface area contributed by atoms with Crippen molar-refractivity contribution in [3.8, 4) is 0 Å². The fraction of sp³-hybridized carbons (Fsp3) is 0.690. The molecule has 1 saturated carbocycles. The van der Waals surface area contributed by atoms with Gasteiger partial charge in [-0.2, -0.15) is 0 Å². The number of nitrogens with zero attached hydrogens (tertiary/aromatic N) is 3. The third-order valence-electron chi connectivity index (χ3n) is 8.91. The highest BCUT2D eigenvalue weighted by atomic mass is 16.5. The fourth-order valence-electron chi connectivity index (χ4n) is 6.32. The van der Waals surface area contributed by atoms with Crippen molar-refractivity contribution < 1.29 is 19.1 Å². The monoisotopic (exact) mass is 510 g/mol. The zero-order chi connectivity index (χ0) is 26.1. The summed E-state index contributed by atoms with van der Waals surface area (Å²) in [7, 11) is 0. The molecule has 1 aliphatic carbocycles. The van der Waals surface area contributed by atoms with Crippen LogP contribution in [0, 0.1) is 17.8 Å². The molecule has 3 heterocycles. The lowest BCUT2D eigenvalue weighted by atomic mass is 9.96. The molecular formula is C29H42N4O4. The van der Waals surface area contributed by atoms with E-state index in [1.54, 1.807) is 4.90 Å². The van der Waals surface area contributed by atoms with Gasteiger partial charge in [0.25, 0.3) is 5.91 Å². The van der Waals surface area contributed by atoms with Crippen LogP contribution in [0.5, 0.6) is 0 Å². The van der Waals surface area contributed by atoms with Gasteiger partial charge in [-0.05, 0) is 61.9 Å². The second-order valence-corrected chi connectivity index (χ2v) is 11.4. The summed E-state index contributed by atoms with van der Waals surface area (Å²) in [6.07, 6.45) is 4.02. The summed E-state index contributed by atoms with van der Waals surface area (Å²) in [4.78, 5) is 46.3. The number of benzene rings is 1. The Morgan fingerprint density at radius 3 is 2.41 bits per heavy atom. The molecule has 0 bridgehead atoms. The van der Waals surface area contributed by atoms with Gasteiger partial charge in [0.15, 0.2) is 5.78 Å². The lowest BCUT2D eigenvalue weighted by Crippen LogP contribution is -2.54. The van der Waals surface area contributed by atoms with Gasteiger partial charge in [-0.25, -0.2) is 0 Å². The number of likely N-dealkylation sites (tertiary alicyclic amines) is 1. The molecule has 8 heteroatoms. The molecule has 2 amide bonds. The molecule has 1 N–H and O–H groups in total. The summed E-state index contributed by atoms with van der Waals surface area (Å²) in [6, 6.07) is 6.54. The number of ketones is 1. The molecule has 4 aliphatic rings. The van der Waals surface area contributed by atoms with Gasteiger partial charge in [-0.3, -0.25) is 19.3 Å². The van der Waals surface area contributed by atoms with Crippen LogP contribution in [-0.4, -0.2) is 91.5 Å². The summed E-state index contributed by atoms with van der Waals surface area (Å²) in [5, 5.41) is 3.03. The van der Waals surface area contributed by atoms with Crippen molar-refractivity contribution in [2.45, 2.75) is 64.6 Å². The SMILES string of the molecule is CCCN1CCN(c2ccc(C(=O)N[C@H](C(=O)N3C[C@H](C4CC4)[C@H]4OCC(=O)[C@H]43)[C@@H](C)CC)cc2)CC1. The van der Waals surface area contributed by atoms with E-state index in [9.17, 15) is 14.4 Å². The summed E-state index contributed by atoms with van der Waals surface area (Å²) in [5.41, 5.74) is 1.67. The van der Waals surface area contributed by atoms with Crippen molar-refractivity contribution in [2.24, 2.45) is 17.8 Å². The Morgan fingerprint density at radius 2 is 1.78 bits per heavy atom. The first-order valence-corrected chi connectivity index (χ1v) is 14.2. The van der Waals surface area contributed by atoms with Crippen molar-refractivity contribution in [1.29, 1.82) is 0 Å². The van der Waals surface area contributed by atoms with Crippen LogP contribution in [0.4, 0.5) is 5.69 Å². The smallest absolute Gasteiger partial charge is 0.251 e. The van der Waals surface area contributed by atoms with Crippen molar-refractivity contribution in [1.82, 2.24) is 15.1 Å². The number of hydrogen-bond acceptors (Lipinski definition) is 6. The zero-order valence-electron chi connectivity index (χ0n) is 22.5. The molecule has 5 rings (SSSR count). The van der Waals surface area contributed by atoms with Crippen LogP contribution < -0.4 is 10.2 Å². The lowest BCUT2D eigenvalue weighted by molar-refractivity contribution is -0.139. The second-order valence-electron chi connectivity index (χ2n) is 11.4. The van der Waals surface area contributed by atoms with Crippen LogP contribution in [0.1, 0.15) is 56.8 Å². The molecule has 0 aromatic heterocycles. The number of carbonyl (C=O) groups excluding carboxylic acids is 3. The maximum absolute atomic E-state index is 13.8. The van der Waals surface area contributed by atoms with Gasteiger partial charge in [0, 0.05) is 49.9 Å². The Kier molecular flexibility index (Phi) is 7.86. The molecule has 8 nitrogen and oxygen atoms in total. The van der Waals surface area contributed by atoms with Crippen molar-refractivity contribution >= 4 is 23.3 Å². The zero-order valence-corrected chi connectivity index (χ0v) is 22.5. The average Bonchev–Trinajstić information content (AvgIpc) is 3.59. The molecule has 1 aromatic rings. The van der Waals surface area contributed by atoms with Crippen LogP contribution in [-0.2, 0) is 14.3 Å². The Hall–Kier alpha value is -2.45. The van der Waals surface area contributed by atoms with Crippen molar-refractivity contribution in [2.75, 3.05) is 50.8 Å². The number of carbonyl (C=O) groups is 3. The molecular weight excluding hydrogens is 468 g/mol. The summed E-state index contributed by atoms with van der Waals surface area (Å²) in [6.45, 7) is 12.1. The normalized spacial score (nSPS) is 27.8. The van der Waals surface area contributed by atoms with Gasteiger partial charge in [0.1, 0.15) is 18.7 Å². The highest BCUT2D eigenvalue weighted by molar-refractivity contribution is 5.99. The predicted octanol–water partition coefficient (Wildman–Crippen LogP) is 2.57. The van der Waals surface area contributed by atoms with Crippen LogP contribution in [0.25, 0.3) is 0 Å². The van der Waals surface area contributed by atoms with E-state index in [4.69, 9.17) is 4.74 Å². The van der Waals surface area contributed by atoms with Gasteiger partial charge in [0.2, 0.25) is 5.91 Å². The van der Waals surface area contributed by atoms with Crippen LogP contribution in [0.3, 0.4) is 0 Å². The Labute approximate surface area is 220 Å². The van der Waals surface area contributed by atoms with Gasteiger partial charge in [-0.1, -0.05) is 27.2 Å². The van der Waals surface area contributed by atoms with E-state index in [0.717, 1.165) is 57.7 Å². The van der Waals surface area contributed by atoms with E-state index >= 15 is 0 Å². The van der Waals surface area contributed by atoms with Gasteiger partial charge < -0.3 is 19.9 Å². The molecule has 4 fully saturated rings. The third kappa shape index (κ3) is 5.41. The highest BCUT2D eigenvalue weighted by Gasteiger charge is 2.56. The van der Waals surface area contributed by atoms with E-state index in [2.05, 4.69) is 22.0 Å². The standard InChI is InChI=1S/C29H42N4O4/c1-4-12-31-13-15-32(16-14-31)22-10-8-21(9-11-22)28(35)30-25(19(3)5-2)29(36)33-17-23(20-6-7-20)27-26(33)24(34)18-37-27/h8-11,19-20,23,25-27H,4-7,12-18H2,1-3H3,(H,30,35)/t19-,23+,25-,26+,27+/m0/s1. The summed E-state index contributed by atoms with van der Waals surface area (Å²) in [5.74, 6) is 0.307. The van der Waals surface area contributed by atoms with Crippen LogP contribution in [0.15, 0.2) is 24.3 Å². The maximum Gasteiger partial charge on any atom is 0.251 e. The minimum Gasteiger partial charge on any atom is -0.369 e. The van der Waals surface area contributed by atoms with Gasteiger partial charge >= 0.3 is 0 Å². The molecule has 0 radical (unpaired) electrons. The molecule has 202 valence electrons. The molecule has 1 aromatic carbocycles. The number of ether oxygens (including phenoxy) is 1. The van der Waals surface area contributed by atoms with E-state index < -0.39 is 12.1 Å². The quantitative estimate of drug-likeness (QED) is 0.550. The molecule has 3 saturated heterocycles. The van der Waals surface area contributed by atoms with E-state index in [1.807, 2.05) is 38.1 Å². The summed E-state index contributed by atoms with van der Waals surface area (Å²) < 4.78 is 5.84. The maximum atomic E-state index is 13.8. The Bertz CT molecular complexity index is 986. The van der Waals surface area contributed by atoms with Crippen LogP contribution in [0.2, 0.25) is 0 Å². The minimum absolute atomic E-state index is 0.0122.